The minimum Gasteiger partial charge on any atom is -0.446 e. The van der Waals surface area contributed by atoms with Gasteiger partial charge in [-0.05, 0) is 42.9 Å². The Kier molecular flexibility index (Phi) is 8.70. The molecule has 3 aromatic rings. The molecule has 0 aliphatic rings. The van der Waals surface area contributed by atoms with Crippen molar-refractivity contribution >= 4 is 27.5 Å². The van der Waals surface area contributed by atoms with Crippen molar-refractivity contribution in [3.05, 3.63) is 58.5 Å². The molecule has 0 saturated heterocycles. The van der Waals surface area contributed by atoms with Gasteiger partial charge in [-0.2, -0.15) is 13.2 Å². The van der Waals surface area contributed by atoms with Gasteiger partial charge in [-0.15, -0.1) is 11.3 Å². The molecule has 13 heteroatoms. The molecule has 1 aromatic carbocycles. The summed E-state index contributed by atoms with van der Waals surface area (Å²) < 4.78 is 73.3. The van der Waals surface area contributed by atoms with Crippen LogP contribution in [-0.2, 0) is 33.9 Å². The maximum absolute atomic E-state index is 13.2. The summed E-state index contributed by atoms with van der Waals surface area (Å²) >= 11 is 1.05. The van der Waals surface area contributed by atoms with Crippen molar-refractivity contribution in [3.8, 4) is 11.1 Å². The number of aliphatic hydroxyl groups is 1. The maximum atomic E-state index is 13.2. The van der Waals surface area contributed by atoms with Crippen LogP contribution in [-0.4, -0.2) is 41.9 Å². The van der Waals surface area contributed by atoms with Crippen molar-refractivity contribution < 1.29 is 36.2 Å². The summed E-state index contributed by atoms with van der Waals surface area (Å²) in [6.45, 7) is 6.74. The smallest absolute Gasteiger partial charge is 0.446 e. The molecule has 8 nitrogen and oxygen atoms in total. The number of hydrogen-bond donors (Lipinski definition) is 2. The minimum absolute atomic E-state index is 0.0713. The van der Waals surface area contributed by atoms with Crippen molar-refractivity contribution in [2.75, 3.05) is 6.61 Å². The van der Waals surface area contributed by atoms with E-state index in [2.05, 4.69) is 4.98 Å². The lowest BCUT2D eigenvalue weighted by Crippen LogP contribution is -2.32. The monoisotopic (exact) mass is 559 g/mol. The third kappa shape index (κ3) is 7.11. The molecule has 0 bridgehead atoms. The van der Waals surface area contributed by atoms with Crippen LogP contribution < -0.4 is 4.72 Å². The highest BCUT2D eigenvalue weighted by molar-refractivity contribution is 7.92. The first-order valence-electron chi connectivity index (χ1n) is 11.4. The molecule has 0 aliphatic heterocycles. The standard InChI is InChI=1S/C24H28F3N3O5S2/c1-14(2)11-19-16(4)20(21(36-19)37(33,34)29-23(32)35-13-15(3)31)18-7-5-17(6-8-18)12-30-10-9-28-22(30)24(25,26)27/h5-10,14-15,31H,11-13H2,1-4H3,(H,29,32)/t15-/m0/s1. The summed E-state index contributed by atoms with van der Waals surface area (Å²) in [6, 6.07) is 6.52. The van der Waals surface area contributed by atoms with E-state index in [0.717, 1.165) is 32.5 Å². The van der Waals surface area contributed by atoms with Crippen molar-refractivity contribution in [1.82, 2.24) is 14.3 Å². The second kappa shape index (κ2) is 11.2. The van der Waals surface area contributed by atoms with Crippen molar-refractivity contribution in [2.24, 2.45) is 5.92 Å². The van der Waals surface area contributed by atoms with Gasteiger partial charge in [-0.3, -0.25) is 0 Å². The molecule has 0 unspecified atom stereocenters. The summed E-state index contributed by atoms with van der Waals surface area (Å²) in [6.07, 6.45) is -3.82. The van der Waals surface area contributed by atoms with E-state index in [1.807, 2.05) is 18.6 Å². The number of imidazole rings is 1. The van der Waals surface area contributed by atoms with E-state index in [9.17, 15) is 31.5 Å². The van der Waals surface area contributed by atoms with Gasteiger partial charge in [0.25, 0.3) is 10.0 Å². The second-order valence-corrected chi connectivity index (χ2v) is 12.0. The molecule has 0 radical (unpaired) electrons. The Morgan fingerprint density at radius 2 is 1.86 bits per heavy atom. The summed E-state index contributed by atoms with van der Waals surface area (Å²) in [5.41, 5.74) is 2.23. The molecule has 2 heterocycles. The number of sulfonamides is 1. The largest absolute Gasteiger partial charge is 0.449 e. The van der Waals surface area contributed by atoms with Gasteiger partial charge in [0.2, 0.25) is 5.82 Å². The zero-order chi connectivity index (χ0) is 27.5. The van der Waals surface area contributed by atoms with Crippen LogP contribution in [0.15, 0.2) is 40.9 Å². The number of ether oxygens (including phenoxy) is 1. The number of rotatable bonds is 9. The Bertz CT molecular complexity index is 1340. The van der Waals surface area contributed by atoms with E-state index in [-0.39, 0.29) is 23.3 Å². The average molecular weight is 560 g/mol. The highest BCUT2D eigenvalue weighted by Gasteiger charge is 2.36. The van der Waals surface area contributed by atoms with E-state index in [1.165, 1.54) is 13.1 Å². The van der Waals surface area contributed by atoms with Crippen LogP contribution in [0.1, 0.15) is 42.6 Å². The number of aliphatic hydroxyl groups excluding tert-OH is 1. The number of hydrogen-bond acceptors (Lipinski definition) is 7. The number of carbonyl (C=O) groups excluding carboxylic acids is 1. The SMILES string of the molecule is Cc1c(CC(C)C)sc(S(=O)(=O)NC(=O)OC[C@H](C)O)c1-c1ccc(Cn2ccnc2C(F)(F)F)cc1. The Morgan fingerprint density at radius 1 is 1.22 bits per heavy atom. The highest BCUT2D eigenvalue weighted by Crippen LogP contribution is 2.40. The molecule has 1 amide bonds. The van der Waals surface area contributed by atoms with Crippen LogP contribution in [0.2, 0.25) is 0 Å². The summed E-state index contributed by atoms with van der Waals surface area (Å²) in [5, 5.41) is 9.28. The normalized spacial score (nSPS) is 13.1. The van der Waals surface area contributed by atoms with Crippen molar-refractivity contribution in [1.29, 1.82) is 0 Å². The first-order chi connectivity index (χ1) is 17.2. The molecular formula is C24H28F3N3O5S2. The molecule has 3 rings (SSSR count). The Hall–Kier alpha value is -2.90. The molecule has 0 spiro atoms. The number of amides is 1. The number of benzene rings is 1. The van der Waals surface area contributed by atoms with E-state index >= 15 is 0 Å². The molecule has 0 saturated carbocycles. The van der Waals surface area contributed by atoms with E-state index in [4.69, 9.17) is 4.74 Å². The van der Waals surface area contributed by atoms with E-state index in [0.29, 0.717) is 23.1 Å². The lowest BCUT2D eigenvalue weighted by Gasteiger charge is -2.12. The van der Waals surface area contributed by atoms with Gasteiger partial charge in [-0.1, -0.05) is 38.1 Å². The minimum atomic E-state index is -4.59. The molecule has 202 valence electrons. The van der Waals surface area contributed by atoms with E-state index in [1.54, 1.807) is 31.2 Å². The van der Waals surface area contributed by atoms with Crippen molar-refractivity contribution in [2.45, 2.75) is 57.1 Å². The predicted octanol–water partition coefficient (Wildman–Crippen LogP) is 4.98. The highest BCUT2D eigenvalue weighted by atomic mass is 32.2. The van der Waals surface area contributed by atoms with Crippen LogP contribution in [0.4, 0.5) is 18.0 Å². The molecule has 0 fully saturated rings. The number of nitrogens with zero attached hydrogens (tertiary/aromatic N) is 2. The average Bonchev–Trinajstić information content (AvgIpc) is 3.37. The summed E-state index contributed by atoms with van der Waals surface area (Å²) in [5.74, 6) is -0.768. The van der Waals surface area contributed by atoms with E-state index < -0.39 is 34.2 Å². The number of carbonyl (C=O) groups is 1. The van der Waals surface area contributed by atoms with Crippen LogP contribution in [0.3, 0.4) is 0 Å². The zero-order valence-corrected chi connectivity index (χ0v) is 22.3. The Balaban J connectivity index is 1.96. The van der Waals surface area contributed by atoms with Gasteiger partial charge in [0.15, 0.2) is 0 Å². The number of nitrogens with one attached hydrogen (secondary N) is 1. The van der Waals surface area contributed by atoms with Gasteiger partial charge in [0.05, 0.1) is 6.10 Å². The fraction of sp³-hybridized carbons (Fsp3) is 0.417. The third-order valence-electron chi connectivity index (χ3n) is 5.29. The van der Waals surface area contributed by atoms with Gasteiger partial charge < -0.3 is 14.4 Å². The molecule has 1 atom stereocenters. The molecule has 2 aromatic heterocycles. The van der Waals surface area contributed by atoms with Gasteiger partial charge in [-0.25, -0.2) is 22.9 Å². The van der Waals surface area contributed by atoms with Crippen LogP contribution >= 0.6 is 11.3 Å². The quantitative estimate of drug-likeness (QED) is 0.383. The van der Waals surface area contributed by atoms with Crippen LogP contribution in [0.5, 0.6) is 0 Å². The zero-order valence-electron chi connectivity index (χ0n) is 20.7. The lowest BCUT2D eigenvalue weighted by molar-refractivity contribution is -0.147. The summed E-state index contributed by atoms with van der Waals surface area (Å²) in [7, 11) is -4.32. The topological polar surface area (TPSA) is 111 Å². The number of halogens is 3. The third-order valence-corrected chi connectivity index (χ3v) is 8.43. The first-order valence-corrected chi connectivity index (χ1v) is 13.7. The van der Waals surface area contributed by atoms with Gasteiger partial charge in [0, 0.05) is 29.4 Å². The van der Waals surface area contributed by atoms with Crippen molar-refractivity contribution in [3.63, 3.8) is 0 Å². The lowest BCUT2D eigenvalue weighted by atomic mass is 9.99. The van der Waals surface area contributed by atoms with Gasteiger partial charge in [0.1, 0.15) is 10.8 Å². The van der Waals surface area contributed by atoms with Crippen LogP contribution in [0.25, 0.3) is 11.1 Å². The fourth-order valence-electron chi connectivity index (χ4n) is 3.67. The first kappa shape index (κ1) is 28.7. The second-order valence-electron chi connectivity index (χ2n) is 9.04. The van der Waals surface area contributed by atoms with Crippen LogP contribution in [0, 0.1) is 12.8 Å². The molecule has 37 heavy (non-hydrogen) atoms. The number of alkyl halides is 3. The van der Waals surface area contributed by atoms with Gasteiger partial charge >= 0.3 is 12.3 Å². The Morgan fingerprint density at radius 3 is 2.43 bits per heavy atom. The fourth-order valence-corrected chi connectivity index (χ4v) is 6.71. The molecular weight excluding hydrogens is 531 g/mol. The molecule has 2 N–H and O–H groups in total. The maximum Gasteiger partial charge on any atom is 0.449 e. The number of aromatic nitrogens is 2. The predicted molar refractivity (Wildman–Crippen MR) is 133 cm³/mol. The Labute approximate surface area is 217 Å². The number of thiophene rings is 1. The molecule has 0 aliphatic carbocycles. The summed E-state index contributed by atoms with van der Waals surface area (Å²) in [4.78, 5) is 16.3.